The summed E-state index contributed by atoms with van der Waals surface area (Å²) in [5.41, 5.74) is -0.0121. The molecule has 1 atom stereocenters. The standard InChI is InChI=1S/C10H10FNO3/c11-9-3-1-2-8(12-9)10(13)15-7-4-5-14-6-7/h1-3,7H,4-6H2. The van der Waals surface area contributed by atoms with E-state index in [1.807, 2.05) is 0 Å². The Morgan fingerprint density at radius 1 is 1.60 bits per heavy atom. The summed E-state index contributed by atoms with van der Waals surface area (Å²) in [6.45, 7) is 0.996. The molecular formula is C10H10FNO3. The molecule has 1 unspecified atom stereocenters. The third-order valence-corrected chi connectivity index (χ3v) is 2.09. The second-order valence-electron chi connectivity index (χ2n) is 3.24. The number of esters is 1. The Morgan fingerprint density at radius 3 is 3.13 bits per heavy atom. The minimum Gasteiger partial charge on any atom is -0.455 e. The van der Waals surface area contributed by atoms with Crippen molar-refractivity contribution in [3.63, 3.8) is 0 Å². The molecule has 1 aromatic heterocycles. The molecule has 1 fully saturated rings. The first-order chi connectivity index (χ1) is 7.25. The predicted octanol–water partition coefficient (Wildman–Crippen LogP) is 1.17. The lowest BCUT2D eigenvalue weighted by Crippen LogP contribution is -2.19. The molecule has 80 valence electrons. The molecule has 0 saturated carbocycles. The highest BCUT2D eigenvalue weighted by Crippen LogP contribution is 2.10. The summed E-state index contributed by atoms with van der Waals surface area (Å²) >= 11 is 0. The van der Waals surface area contributed by atoms with Gasteiger partial charge in [-0.1, -0.05) is 6.07 Å². The topological polar surface area (TPSA) is 48.4 Å². The van der Waals surface area contributed by atoms with Crippen LogP contribution in [-0.2, 0) is 9.47 Å². The highest BCUT2D eigenvalue weighted by molar-refractivity contribution is 5.87. The molecule has 2 rings (SSSR count). The molecule has 0 amide bonds. The van der Waals surface area contributed by atoms with E-state index in [-0.39, 0.29) is 11.8 Å². The Bertz CT molecular complexity index is 363. The second-order valence-corrected chi connectivity index (χ2v) is 3.24. The number of pyridine rings is 1. The summed E-state index contributed by atoms with van der Waals surface area (Å²) in [6.07, 6.45) is 0.448. The third-order valence-electron chi connectivity index (χ3n) is 2.09. The van der Waals surface area contributed by atoms with E-state index < -0.39 is 11.9 Å². The molecule has 0 radical (unpaired) electrons. The van der Waals surface area contributed by atoms with Crippen molar-refractivity contribution in [2.24, 2.45) is 0 Å². The first kappa shape index (κ1) is 10.0. The van der Waals surface area contributed by atoms with Crippen LogP contribution >= 0.6 is 0 Å². The molecule has 0 N–H and O–H groups in total. The van der Waals surface area contributed by atoms with E-state index >= 15 is 0 Å². The SMILES string of the molecule is O=C(OC1CCOC1)c1cccc(F)n1. The van der Waals surface area contributed by atoms with Crippen LogP contribution in [0.15, 0.2) is 18.2 Å². The van der Waals surface area contributed by atoms with Gasteiger partial charge in [0.15, 0.2) is 5.69 Å². The number of hydrogen-bond acceptors (Lipinski definition) is 4. The minimum absolute atomic E-state index is 0.0121. The van der Waals surface area contributed by atoms with Crippen molar-refractivity contribution in [2.45, 2.75) is 12.5 Å². The first-order valence-corrected chi connectivity index (χ1v) is 4.67. The average molecular weight is 211 g/mol. The summed E-state index contributed by atoms with van der Waals surface area (Å²) in [5, 5.41) is 0. The number of rotatable bonds is 2. The monoisotopic (exact) mass is 211 g/mol. The highest BCUT2D eigenvalue weighted by atomic mass is 19.1. The molecule has 0 bridgehead atoms. The fourth-order valence-electron chi connectivity index (χ4n) is 1.34. The van der Waals surface area contributed by atoms with Crippen LogP contribution in [0.25, 0.3) is 0 Å². The lowest BCUT2D eigenvalue weighted by Gasteiger charge is -2.08. The molecule has 1 aromatic rings. The normalized spacial score (nSPS) is 20.2. The van der Waals surface area contributed by atoms with Crippen molar-refractivity contribution in [3.8, 4) is 0 Å². The molecule has 5 heteroatoms. The van der Waals surface area contributed by atoms with Gasteiger partial charge in [-0.2, -0.15) is 4.39 Å². The Kier molecular flexibility index (Phi) is 2.91. The molecule has 0 aliphatic carbocycles. The predicted molar refractivity (Wildman–Crippen MR) is 48.8 cm³/mol. The van der Waals surface area contributed by atoms with E-state index in [0.717, 1.165) is 0 Å². The maximum absolute atomic E-state index is 12.7. The van der Waals surface area contributed by atoms with E-state index in [2.05, 4.69) is 4.98 Å². The van der Waals surface area contributed by atoms with Gasteiger partial charge in [0.1, 0.15) is 6.10 Å². The van der Waals surface area contributed by atoms with E-state index in [0.29, 0.717) is 19.6 Å². The van der Waals surface area contributed by atoms with E-state index in [1.54, 1.807) is 0 Å². The maximum atomic E-state index is 12.7. The summed E-state index contributed by atoms with van der Waals surface area (Å²) < 4.78 is 22.8. The van der Waals surface area contributed by atoms with E-state index in [4.69, 9.17) is 9.47 Å². The van der Waals surface area contributed by atoms with E-state index in [1.165, 1.54) is 18.2 Å². The number of carbonyl (C=O) groups is 1. The molecule has 1 saturated heterocycles. The van der Waals surface area contributed by atoms with Crippen LogP contribution in [0.4, 0.5) is 4.39 Å². The summed E-state index contributed by atoms with van der Waals surface area (Å²) in [4.78, 5) is 14.9. The largest absolute Gasteiger partial charge is 0.455 e. The van der Waals surface area contributed by atoms with Crippen LogP contribution in [0.1, 0.15) is 16.9 Å². The zero-order chi connectivity index (χ0) is 10.7. The zero-order valence-corrected chi connectivity index (χ0v) is 7.98. The fourth-order valence-corrected chi connectivity index (χ4v) is 1.34. The number of carbonyl (C=O) groups excluding carboxylic acids is 1. The number of nitrogens with zero attached hydrogens (tertiary/aromatic N) is 1. The van der Waals surface area contributed by atoms with Gasteiger partial charge in [-0.3, -0.25) is 0 Å². The van der Waals surface area contributed by atoms with Gasteiger partial charge in [-0.25, -0.2) is 9.78 Å². The molecule has 2 heterocycles. The van der Waals surface area contributed by atoms with Crippen LogP contribution < -0.4 is 0 Å². The number of halogens is 1. The molecule has 1 aliphatic rings. The molecule has 1 aliphatic heterocycles. The second kappa shape index (κ2) is 4.35. The van der Waals surface area contributed by atoms with Crippen molar-refractivity contribution in [2.75, 3.05) is 13.2 Å². The molecule has 4 nitrogen and oxygen atoms in total. The molecular weight excluding hydrogens is 201 g/mol. The maximum Gasteiger partial charge on any atom is 0.357 e. The van der Waals surface area contributed by atoms with E-state index in [9.17, 15) is 9.18 Å². The van der Waals surface area contributed by atoms with Crippen molar-refractivity contribution in [3.05, 3.63) is 29.8 Å². The minimum atomic E-state index is -0.688. The first-order valence-electron chi connectivity index (χ1n) is 4.67. The Morgan fingerprint density at radius 2 is 2.47 bits per heavy atom. The fraction of sp³-hybridized carbons (Fsp3) is 0.400. The third kappa shape index (κ3) is 2.50. The molecule has 0 spiro atoms. The van der Waals surface area contributed by atoms with Gasteiger partial charge in [-0.15, -0.1) is 0 Å². The van der Waals surface area contributed by atoms with Gasteiger partial charge in [0, 0.05) is 6.42 Å². The lowest BCUT2D eigenvalue weighted by atomic mass is 10.3. The van der Waals surface area contributed by atoms with Crippen LogP contribution in [0.5, 0.6) is 0 Å². The average Bonchev–Trinajstić information content (AvgIpc) is 2.70. The van der Waals surface area contributed by atoms with Crippen molar-refractivity contribution < 1.29 is 18.7 Å². The Labute approximate surface area is 86.0 Å². The molecule has 0 aromatic carbocycles. The van der Waals surface area contributed by atoms with Gasteiger partial charge >= 0.3 is 5.97 Å². The lowest BCUT2D eigenvalue weighted by molar-refractivity contribution is 0.0263. The smallest absolute Gasteiger partial charge is 0.357 e. The van der Waals surface area contributed by atoms with Crippen LogP contribution in [0.2, 0.25) is 0 Å². The quantitative estimate of drug-likeness (QED) is 0.544. The zero-order valence-electron chi connectivity index (χ0n) is 7.98. The van der Waals surface area contributed by atoms with Gasteiger partial charge in [0.25, 0.3) is 0 Å². The van der Waals surface area contributed by atoms with Gasteiger partial charge < -0.3 is 9.47 Å². The highest BCUT2D eigenvalue weighted by Gasteiger charge is 2.21. The summed E-state index contributed by atoms with van der Waals surface area (Å²) in [7, 11) is 0. The van der Waals surface area contributed by atoms with Crippen LogP contribution in [-0.4, -0.2) is 30.3 Å². The summed E-state index contributed by atoms with van der Waals surface area (Å²) in [5.74, 6) is -1.29. The van der Waals surface area contributed by atoms with Crippen molar-refractivity contribution in [1.29, 1.82) is 0 Å². The van der Waals surface area contributed by atoms with Gasteiger partial charge in [0.2, 0.25) is 5.95 Å². The van der Waals surface area contributed by atoms with Crippen LogP contribution in [0.3, 0.4) is 0 Å². The van der Waals surface area contributed by atoms with Gasteiger partial charge in [0.05, 0.1) is 13.2 Å². The number of ether oxygens (including phenoxy) is 2. The Balaban J connectivity index is 2.01. The molecule has 15 heavy (non-hydrogen) atoms. The van der Waals surface area contributed by atoms with Crippen molar-refractivity contribution in [1.82, 2.24) is 4.98 Å². The van der Waals surface area contributed by atoms with Crippen molar-refractivity contribution >= 4 is 5.97 Å². The van der Waals surface area contributed by atoms with Crippen LogP contribution in [0, 0.1) is 5.95 Å². The summed E-state index contributed by atoms with van der Waals surface area (Å²) in [6, 6.07) is 4.01. The van der Waals surface area contributed by atoms with Gasteiger partial charge in [-0.05, 0) is 12.1 Å². The number of aromatic nitrogens is 1. The Hall–Kier alpha value is -1.49. The number of hydrogen-bond donors (Lipinski definition) is 0.